The maximum Gasteiger partial charge on any atom is 0.319 e. The van der Waals surface area contributed by atoms with Crippen LogP contribution in [0.15, 0.2) is 30.5 Å². The van der Waals surface area contributed by atoms with Crippen molar-refractivity contribution >= 4 is 35.1 Å². The lowest BCUT2D eigenvalue weighted by molar-refractivity contribution is 0.0342. The molecule has 2 saturated heterocycles. The first kappa shape index (κ1) is 21.6. The molecule has 3 heterocycles. The third-order valence-corrected chi connectivity index (χ3v) is 5.87. The predicted molar refractivity (Wildman–Crippen MR) is 122 cm³/mol. The number of anilines is 3. The molecule has 2 aromatic rings. The van der Waals surface area contributed by atoms with Gasteiger partial charge < -0.3 is 25.6 Å². The highest BCUT2D eigenvalue weighted by molar-refractivity contribution is 6.31. The lowest BCUT2D eigenvalue weighted by Crippen LogP contribution is -2.39. The summed E-state index contributed by atoms with van der Waals surface area (Å²) in [6.07, 6.45) is 2.58. The molecule has 2 aliphatic rings. The highest BCUT2D eigenvalue weighted by Crippen LogP contribution is 2.23. The molecule has 4 rings (SSSR count). The molecular formula is C21H28ClN7O2. The minimum absolute atomic E-state index is 0.0454. The average molecular weight is 446 g/mol. The van der Waals surface area contributed by atoms with Crippen molar-refractivity contribution in [2.45, 2.75) is 19.0 Å². The summed E-state index contributed by atoms with van der Waals surface area (Å²) in [6, 6.07) is 7.36. The van der Waals surface area contributed by atoms with Gasteiger partial charge in [-0.05, 0) is 30.2 Å². The van der Waals surface area contributed by atoms with Gasteiger partial charge in [-0.3, -0.25) is 4.90 Å². The van der Waals surface area contributed by atoms with Gasteiger partial charge in [0.05, 0.1) is 13.2 Å². The molecule has 1 aromatic heterocycles. The second-order valence-electron chi connectivity index (χ2n) is 7.71. The van der Waals surface area contributed by atoms with E-state index >= 15 is 0 Å². The van der Waals surface area contributed by atoms with Gasteiger partial charge in [-0.15, -0.1) is 0 Å². The lowest BCUT2D eigenvalue weighted by Gasteiger charge is -2.27. The van der Waals surface area contributed by atoms with Crippen molar-refractivity contribution in [1.29, 1.82) is 0 Å². The Morgan fingerprint density at radius 1 is 1.26 bits per heavy atom. The molecule has 2 aliphatic heterocycles. The molecule has 31 heavy (non-hydrogen) atoms. The molecule has 3 N–H and O–H groups in total. The summed E-state index contributed by atoms with van der Waals surface area (Å²) >= 11 is 6.46. The second-order valence-corrected chi connectivity index (χ2v) is 8.12. The molecule has 0 radical (unpaired) electrons. The normalized spacial score (nSPS) is 19.3. The molecular weight excluding hydrogens is 418 g/mol. The fourth-order valence-corrected chi connectivity index (χ4v) is 4.08. The molecule has 9 nitrogen and oxygen atoms in total. The number of ether oxygens (including phenoxy) is 1. The van der Waals surface area contributed by atoms with Gasteiger partial charge in [-0.1, -0.05) is 17.7 Å². The summed E-state index contributed by atoms with van der Waals surface area (Å²) in [5.74, 6) is 1.44. The minimum Gasteiger partial charge on any atom is -0.379 e. The first-order chi connectivity index (χ1) is 15.1. The van der Waals surface area contributed by atoms with Gasteiger partial charge in [0.15, 0.2) is 0 Å². The van der Waals surface area contributed by atoms with Crippen molar-refractivity contribution < 1.29 is 9.53 Å². The summed E-state index contributed by atoms with van der Waals surface area (Å²) in [5, 5.41) is 9.53. The number of nitrogens with one attached hydrogen (secondary N) is 3. The molecule has 0 bridgehead atoms. The maximum atomic E-state index is 12.5. The third kappa shape index (κ3) is 5.75. The molecule has 0 aliphatic carbocycles. The highest BCUT2D eigenvalue weighted by atomic mass is 35.5. The lowest BCUT2D eigenvalue weighted by atomic mass is 10.2. The zero-order valence-corrected chi connectivity index (χ0v) is 18.4. The minimum atomic E-state index is -0.234. The van der Waals surface area contributed by atoms with Crippen LogP contribution in [0.4, 0.5) is 22.2 Å². The molecule has 0 saturated carbocycles. The van der Waals surface area contributed by atoms with Crippen LogP contribution in [0.2, 0.25) is 5.02 Å². The van der Waals surface area contributed by atoms with Crippen LogP contribution in [-0.2, 0) is 11.3 Å². The summed E-state index contributed by atoms with van der Waals surface area (Å²) in [4.78, 5) is 25.5. The summed E-state index contributed by atoms with van der Waals surface area (Å²) in [6.45, 7) is 5.63. The molecule has 1 aromatic carbocycles. The molecule has 0 spiro atoms. The fraction of sp³-hybridized carbons (Fsp3) is 0.476. The fourth-order valence-electron chi connectivity index (χ4n) is 3.84. The maximum absolute atomic E-state index is 12.5. The Morgan fingerprint density at radius 2 is 2.10 bits per heavy atom. The van der Waals surface area contributed by atoms with Gasteiger partial charge in [0.2, 0.25) is 5.95 Å². The van der Waals surface area contributed by atoms with Crippen LogP contribution < -0.4 is 20.9 Å². The Morgan fingerprint density at radius 3 is 2.87 bits per heavy atom. The number of carbonyl (C=O) groups is 1. The van der Waals surface area contributed by atoms with E-state index in [0.717, 1.165) is 57.2 Å². The molecule has 166 valence electrons. The largest absolute Gasteiger partial charge is 0.379 e. The van der Waals surface area contributed by atoms with E-state index in [9.17, 15) is 4.79 Å². The van der Waals surface area contributed by atoms with Gasteiger partial charge in [0.25, 0.3) is 0 Å². The number of morpholine rings is 1. The third-order valence-electron chi connectivity index (χ3n) is 5.52. The zero-order valence-electron chi connectivity index (χ0n) is 17.6. The zero-order chi connectivity index (χ0) is 21.6. The van der Waals surface area contributed by atoms with Crippen LogP contribution in [0.1, 0.15) is 12.0 Å². The van der Waals surface area contributed by atoms with Crippen LogP contribution >= 0.6 is 11.6 Å². The van der Waals surface area contributed by atoms with Gasteiger partial charge in [0, 0.05) is 62.7 Å². The molecule has 10 heteroatoms. The van der Waals surface area contributed by atoms with E-state index in [-0.39, 0.29) is 12.1 Å². The first-order valence-electron chi connectivity index (χ1n) is 10.5. The molecule has 2 amide bonds. The van der Waals surface area contributed by atoms with Crippen molar-refractivity contribution in [3.05, 3.63) is 41.0 Å². The van der Waals surface area contributed by atoms with Crippen molar-refractivity contribution in [1.82, 2.24) is 20.2 Å². The monoisotopic (exact) mass is 445 g/mol. The number of hydrogen-bond donors (Lipinski definition) is 3. The number of nitrogens with zero attached hydrogens (tertiary/aromatic N) is 4. The van der Waals surface area contributed by atoms with Crippen LogP contribution in [0.3, 0.4) is 0 Å². The highest BCUT2D eigenvalue weighted by Gasteiger charge is 2.25. The summed E-state index contributed by atoms with van der Waals surface area (Å²) < 4.78 is 5.39. The van der Waals surface area contributed by atoms with Crippen LogP contribution in [0, 0.1) is 0 Å². The summed E-state index contributed by atoms with van der Waals surface area (Å²) in [7, 11) is 1.79. The predicted octanol–water partition coefficient (Wildman–Crippen LogP) is 2.40. The van der Waals surface area contributed by atoms with Crippen LogP contribution in [-0.4, -0.2) is 73.4 Å². The van der Waals surface area contributed by atoms with Gasteiger partial charge in [0.1, 0.15) is 5.82 Å². The Bertz CT molecular complexity index is 907. The van der Waals surface area contributed by atoms with Gasteiger partial charge in [-0.2, -0.15) is 4.98 Å². The smallest absolute Gasteiger partial charge is 0.319 e. The number of urea groups is 1. The number of halogens is 1. The van der Waals surface area contributed by atoms with Gasteiger partial charge in [-0.25, -0.2) is 9.78 Å². The van der Waals surface area contributed by atoms with Crippen molar-refractivity contribution in [2.24, 2.45) is 0 Å². The van der Waals surface area contributed by atoms with E-state index in [0.29, 0.717) is 23.2 Å². The topological polar surface area (TPSA) is 94.7 Å². The second kappa shape index (κ2) is 10.1. The van der Waals surface area contributed by atoms with E-state index in [1.807, 2.05) is 18.2 Å². The van der Waals surface area contributed by atoms with E-state index < -0.39 is 0 Å². The van der Waals surface area contributed by atoms with Crippen molar-refractivity contribution in [3.8, 4) is 0 Å². The van der Waals surface area contributed by atoms with E-state index in [1.54, 1.807) is 19.3 Å². The number of carbonyl (C=O) groups excluding carboxylic acids is 1. The Kier molecular flexibility index (Phi) is 7.06. The standard InChI is InChI=1S/C21H28ClN7O2/c1-23-20-24-6-4-19(27-20)29-7-5-17(14-29)26-21(30)25-16-3-2-15(18(22)12-16)13-28-8-10-31-11-9-28/h2-4,6,12,17H,5,7-11,13-14H2,1H3,(H,23,24,27)(H2,25,26,30)/t17-/m0/s1. The Labute approximate surface area is 187 Å². The molecule has 1 atom stereocenters. The van der Waals surface area contributed by atoms with E-state index in [4.69, 9.17) is 16.3 Å². The SMILES string of the molecule is CNc1nccc(N2CC[C@H](NC(=O)Nc3ccc(CN4CCOCC4)c(Cl)c3)C2)n1. The van der Waals surface area contributed by atoms with Crippen molar-refractivity contribution in [2.75, 3.05) is 62.0 Å². The molecule has 0 unspecified atom stereocenters. The quantitative estimate of drug-likeness (QED) is 0.628. The van der Waals surface area contributed by atoms with Crippen LogP contribution in [0.5, 0.6) is 0 Å². The number of benzene rings is 1. The average Bonchev–Trinajstić information content (AvgIpc) is 3.25. The Hall–Kier alpha value is -2.62. The van der Waals surface area contributed by atoms with Gasteiger partial charge >= 0.3 is 6.03 Å². The molecule has 2 fully saturated rings. The van der Waals surface area contributed by atoms with E-state index in [1.165, 1.54) is 0 Å². The van der Waals surface area contributed by atoms with Crippen molar-refractivity contribution in [3.63, 3.8) is 0 Å². The number of hydrogen-bond acceptors (Lipinski definition) is 7. The van der Waals surface area contributed by atoms with Crippen LogP contribution in [0.25, 0.3) is 0 Å². The number of rotatable bonds is 6. The Balaban J connectivity index is 1.28. The van der Waals surface area contributed by atoms with E-state index in [2.05, 4.69) is 35.7 Å². The first-order valence-corrected chi connectivity index (χ1v) is 10.9. The number of aromatic nitrogens is 2. The number of amides is 2. The summed E-state index contributed by atoms with van der Waals surface area (Å²) in [5.41, 5.74) is 1.73.